The zero-order valence-corrected chi connectivity index (χ0v) is 20.9. The Morgan fingerprint density at radius 3 is 2.11 bits per heavy atom. The van der Waals surface area contributed by atoms with Crippen LogP contribution >= 0.6 is 0 Å². The molecule has 0 radical (unpaired) electrons. The van der Waals surface area contributed by atoms with E-state index in [1.54, 1.807) is 6.07 Å². The Balaban J connectivity index is 1.33. The second-order valence-corrected chi connectivity index (χ2v) is 10.2. The number of aromatic nitrogens is 1. The first-order valence-electron chi connectivity index (χ1n) is 12.6. The Morgan fingerprint density at radius 2 is 1.63 bits per heavy atom. The van der Waals surface area contributed by atoms with Crippen molar-refractivity contribution < 1.29 is 22.8 Å². The van der Waals surface area contributed by atoms with Gasteiger partial charge in [-0.1, -0.05) is 60.7 Å². The lowest BCUT2D eigenvalue weighted by Gasteiger charge is -2.46. The van der Waals surface area contributed by atoms with Gasteiger partial charge < -0.3 is 15.5 Å². The molecule has 6 nitrogen and oxygen atoms in total. The van der Waals surface area contributed by atoms with Crippen molar-refractivity contribution in [3.8, 4) is 0 Å². The number of anilines is 1. The van der Waals surface area contributed by atoms with Gasteiger partial charge in [0.1, 0.15) is 0 Å². The molecule has 38 heavy (non-hydrogen) atoms. The molecule has 1 aliphatic heterocycles. The molecule has 1 saturated heterocycles. The first kappa shape index (κ1) is 25.8. The molecule has 9 heteroatoms. The fourth-order valence-electron chi connectivity index (χ4n) is 5.61. The number of rotatable bonds is 7. The van der Waals surface area contributed by atoms with Crippen LogP contribution in [0.2, 0.25) is 0 Å². The molecular weight excluding hydrogens is 493 g/mol. The minimum Gasteiger partial charge on any atom is -0.373 e. The van der Waals surface area contributed by atoms with Gasteiger partial charge in [-0.15, -0.1) is 0 Å². The van der Waals surface area contributed by atoms with Crippen LogP contribution < -0.4 is 10.6 Å². The van der Waals surface area contributed by atoms with Crippen LogP contribution in [0.5, 0.6) is 0 Å². The number of halogens is 3. The fourth-order valence-corrected chi connectivity index (χ4v) is 5.61. The summed E-state index contributed by atoms with van der Waals surface area (Å²) in [5, 5.41) is 6.25. The molecule has 0 bridgehead atoms. The van der Waals surface area contributed by atoms with Gasteiger partial charge >= 0.3 is 6.18 Å². The molecule has 2 N–H and O–H groups in total. The first-order valence-corrected chi connectivity index (χ1v) is 12.6. The largest absolute Gasteiger partial charge is 0.414 e. The number of nitrogens with one attached hydrogen (secondary N) is 2. The molecule has 0 unspecified atom stereocenters. The quantitative estimate of drug-likeness (QED) is 0.436. The zero-order valence-electron chi connectivity index (χ0n) is 20.9. The third-order valence-electron chi connectivity index (χ3n) is 7.55. The molecule has 5 rings (SSSR count). The molecular formula is C29H29F3N4O2. The summed E-state index contributed by atoms with van der Waals surface area (Å²) in [4.78, 5) is 29.5. The number of carbonyl (C=O) groups excluding carboxylic acids is 2. The first-order chi connectivity index (χ1) is 18.2. The van der Waals surface area contributed by atoms with Crippen LogP contribution in [0.1, 0.15) is 54.6 Å². The Hall–Kier alpha value is -3.88. The summed E-state index contributed by atoms with van der Waals surface area (Å²) in [5.74, 6) is -1.21. The highest BCUT2D eigenvalue weighted by Gasteiger charge is 2.54. The van der Waals surface area contributed by atoms with Gasteiger partial charge in [0.15, 0.2) is 6.04 Å². The highest BCUT2D eigenvalue weighted by molar-refractivity contribution is 5.84. The van der Waals surface area contributed by atoms with Gasteiger partial charge in [-0.2, -0.15) is 13.2 Å². The molecule has 2 heterocycles. The molecule has 1 aliphatic carbocycles. The van der Waals surface area contributed by atoms with E-state index < -0.39 is 29.6 Å². The van der Waals surface area contributed by atoms with E-state index in [2.05, 4.69) is 15.6 Å². The van der Waals surface area contributed by atoms with Crippen molar-refractivity contribution in [2.45, 2.75) is 49.5 Å². The fraction of sp³-hybridized carbons (Fsp3) is 0.345. The normalized spacial score (nSPS) is 21.6. The third kappa shape index (κ3) is 5.23. The average Bonchev–Trinajstić information content (AvgIpc) is 3.29. The number of nitrogens with zero attached hydrogens (tertiary/aromatic N) is 2. The van der Waals surface area contributed by atoms with E-state index >= 15 is 0 Å². The number of pyridine rings is 1. The monoisotopic (exact) mass is 522 g/mol. The van der Waals surface area contributed by atoms with Crippen LogP contribution in [-0.2, 0) is 9.59 Å². The van der Waals surface area contributed by atoms with E-state index in [-0.39, 0.29) is 17.6 Å². The molecule has 198 valence electrons. The molecule has 1 atom stereocenters. The highest BCUT2D eigenvalue weighted by Crippen LogP contribution is 2.46. The Labute approximate surface area is 219 Å². The SMILES string of the molecule is CN(C(=O)C1CC2(CCC(=O)N2)C1)[C@@H](c1ccc(NC(c2ccccc2)c2ccccc2)cn1)C(F)(F)F. The van der Waals surface area contributed by atoms with Gasteiger partial charge in [-0.3, -0.25) is 14.6 Å². The van der Waals surface area contributed by atoms with E-state index in [0.29, 0.717) is 31.4 Å². The van der Waals surface area contributed by atoms with Crippen molar-refractivity contribution in [3.63, 3.8) is 0 Å². The van der Waals surface area contributed by atoms with Gasteiger partial charge in [0, 0.05) is 24.9 Å². The van der Waals surface area contributed by atoms with Gasteiger partial charge in [-0.25, -0.2) is 0 Å². The lowest BCUT2D eigenvalue weighted by atomic mass is 9.67. The molecule has 2 aromatic carbocycles. The summed E-state index contributed by atoms with van der Waals surface area (Å²) in [5.41, 5.74) is 1.86. The Morgan fingerprint density at radius 1 is 1.03 bits per heavy atom. The van der Waals surface area contributed by atoms with Gasteiger partial charge in [0.25, 0.3) is 0 Å². The third-order valence-corrected chi connectivity index (χ3v) is 7.55. The molecule has 2 aliphatic rings. The number of carbonyl (C=O) groups is 2. The van der Waals surface area contributed by atoms with Crippen LogP contribution in [0, 0.1) is 5.92 Å². The standard InChI is InChI=1S/C29H29F3N4O2/c1-36(27(38)21-16-28(17-21)15-14-24(37)35-28)26(29(30,31)32)23-13-12-22(18-33-23)34-25(19-8-4-2-5-9-19)20-10-6-3-7-11-20/h2-13,18,21,25-26,34H,14-17H2,1H3,(H,35,37)/t21?,26-,28?/m0/s1. The number of hydrogen-bond acceptors (Lipinski definition) is 4. The molecule has 3 aromatic rings. The summed E-state index contributed by atoms with van der Waals surface area (Å²) in [6, 6.07) is 20.0. The van der Waals surface area contributed by atoms with Gasteiger partial charge in [0.2, 0.25) is 11.8 Å². The van der Waals surface area contributed by atoms with Crippen molar-refractivity contribution in [1.82, 2.24) is 15.2 Å². The van der Waals surface area contributed by atoms with E-state index in [1.165, 1.54) is 19.3 Å². The van der Waals surface area contributed by atoms with E-state index in [1.807, 2.05) is 60.7 Å². The topological polar surface area (TPSA) is 74.3 Å². The Kier molecular flexibility index (Phi) is 6.86. The smallest absolute Gasteiger partial charge is 0.373 e. The number of amides is 2. The van der Waals surface area contributed by atoms with Crippen LogP contribution in [-0.4, -0.2) is 40.5 Å². The van der Waals surface area contributed by atoms with Crippen molar-refractivity contribution in [2.75, 3.05) is 12.4 Å². The second kappa shape index (κ2) is 10.1. The summed E-state index contributed by atoms with van der Waals surface area (Å²) in [6.45, 7) is 0. The predicted molar refractivity (Wildman–Crippen MR) is 137 cm³/mol. The maximum Gasteiger partial charge on any atom is 0.414 e. The summed E-state index contributed by atoms with van der Waals surface area (Å²) in [7, 11) is 1.17. The van der Waals surface area contributed by atoms with E-state index in [0.717, 1.165) is 16.0 Å². The van der Waals surface area contributed by atoms with E-state index in [9.17, 15) is 22.8 Å². The molecule has 1 saturated carbocycles. The minimum atomic E-state index is -4.70. The molecule has 2 amide bonds. The number of benzene rings is 2. The van der Waals surface area contributed by atoms with Crippen molar-refractivity contribution in [2.24, 2.45) is 5.92 Å². The average molecular weight is 523 g/mol. The Bertz CT molecular complexity index is 1240. The number of alkyl halides is 3. The van der Waals surface area contributed by atoms with Crippen molar-refractivity contribution in [3.05, 3.63) is 95.8 Å². The van der Waals surface area contributed by atoms with Gasteiger partial charge in [-0.05, 0) is 42.5 Å². The summed E-state index contributed by atoms with van der Waals surface area (Å²) >= 11 is 0. The number of hydrogen-bond donors (Lipinski definition) is 2. The highest BCUT2D eigenvalue weighted by atomic mass is 19.4. The predicted octanol–water partition coefficient (Wildman–Crippen LogP) is 5.40. The van der Waals surface area contributed by atoms with Crippen LogP contribution in [0.15, 0.2) is 79.0 Å². The van der Waals surface area contributed by atoms with Crippen LogP contribution in [0.25, 0.3) is 0 Å². The minimum absolute atomic E-state index is 0.0721. The second-order valence-electron chi connectivity index (χ2n) is 10.2. The van der Waals surface area contributed by atoms with Crippen LogP contribution in [0.3, 0.4) is 0 Å². The maximum atomic E-state index is 14.2. The van der Waals surface area contributed by atoms with Crippen molar-refractivity contribution in [1.29, 1.82) is 0 Å². The lowest BCUT2D eigenvalue weighted by molar-refractivity contribution is -0.193. The van der Waals surface area contributed by atoms with Crippen LogP contribution in [0.4, 0.5) is 18.9 Å². The molecule has 1 aromatic heterocycles. The summed E-state index contributed by atoms with van der Waals surface area (Å²) < 4.78 is 42.6. The zero-order chi connectivity index (χ0) is 26.9. The van der Waals surface area contributed by atoms with Crippen molar-refractivity contribution >= 4 is 17.5 Å². The summed E-state index contributed by atoms with van der Waals surface area (Å²) in [6.07, 6.45) is -1.59. The van der Waals surface area contributed by atoms with Gasteiger partial charge in [0.05, 0.1) is 23.6 Å². The maximum absolute atomic E-state index is 14.2. The lowest BCUT2D eigenvalue weighted by Crippen LogP contribution is -2.57. The molecule has 2 fully saturated rings. The molecule has 1 spiro atoms. The van der Waals surface area contributed by atoms with E-state index in [4.69, 9.17) is 0 Å².